The average molecular weight is 481 g/mol. The van der Waals surface area contributed by atoms with Crippen LogP contribution >= 0.6 is 22.9 Å². The van der Waals surface area contributed by atoms with Gasteiger partial charge in [-0.3, -0.25) is 4.79 Å². The number of aliphatic hydroxyl groups is 1. The van der Waals surface area contributed by atoms with Gasteiger partial charge in [-0.15, -0.1) is 11.3 Å². The van der Waals surface area contributed by atoms with Crippen molar-refractivity contribution in [1.29, 1.82) is 0 Å². The Morgan fingerprint density at radius 1 is 1.18 bits per heavy atom. The maximum absolute atomic E-state index is 14.0. The highest BCUT2D eigenvalue weighted by Gasteiger charge is 2.26. The molecule has 2 aromatic carbocycles. The van der Waals surface area contributed by atoms with Crippen molar-refractivity contribution in [2.45, 2.75) is 19.5 Å². The summed E-state index contributed by atoms with van der Waals surface area (Å²) < 4.78 is 1.65. The van der Waals surface area contributed by atoms with Gasteiger partial charge >= 0.3 is 0 Å². The third-order valence-electron chi connectivity index (χ3n) is 5.98. The van der Waals surface area contributed by atoms with Crippen LogP contribution in [0.4, 0.5) is 5.95 Å². The van der Waals surface area contributed by atoms with Crippen LogP contribution in [0.5, 0.6) is 0 Å². The van der Waals surface area contributed by atoms with Crippen molar-refractivity contribution in [3.63, 3.8) is 0 Å². The van der Waals surface area contributed by atoms with Crippen molar-refractivity contribution in [2.24, 2.45) is 0 Å². The fourth-order valence-corrected chi connectivity index (χ4v) is 5.86. The molecule has 0 fully saturated rings. The lowest BCUT2D eigenvalue weighted by Gasteiger charge is -2.26. The number of fused-ring (bicyclic) bond motifs is 3. The van der Waals surface area contributed by atoms with Crippen LogP contribution in [0.25, 0.3) is 15.9 Å². The van der Waals surface area contributed by atoms with Gasteiger partial charge in [0, 0.05) is 36.1 Å². The molecule has 0 aliphatic carbocycles. The van der Waals surface area contributed by atoms with Crippen LogP contribution in [0.15, 0.2) is 59.4 Å². The van der Waals surface area contributed by atoms with Crippen molar-refractivity contribution in [1.82, 2.24) is 14.5 Å². The maximum atomic E-state index is 14.0. The SMILES string of the molecule is CN1CCc2c(sc3nc(N(CCO)Cc4ccccc4)n(-c4cccc(Cl)c4)c(=O)c23)C1. The third kappa shape index (κ3) is 4.29. The molecule has 0 amide bonds. The van der Waals surface area contributed by atoms with Gasteiger partial charge in [0.25, 0.3) is 5.56 Å². The fraction of sp³-hybridized carbons (Fsp3) is 0.280. The van der Waals surface area contributed by atoms with E-state index < -0.39 is 0 Å². The summed E-state index contributed by atoms with van der Waals surface area (Å²) in [6.07, 6.45) is 0.835. The van der Waals surface area contributed by atoms with Crippen LogP contribution in [-0.2, 0) is 19.5 Å². The maximum Gasteiger partial charge on any atom is 0.268 e. The molecular weight excluding hydrogens is 456 g/mol. The molecule has 5 rings (SSSR count). The van der Waals surface area contributed by atoms with Gasteiger partial charge in [-0.1, -0.05) is 48.0 Å². The van der Waals surface area contributed by atoms with Gasteiger partial charge in [-0.2, -0.15) is 0 Å². The highest BCUT2D eigenvalue weighted by Crippen LogP contribution is 2.34. The molecule has 6 nitrogen and oxygen atoms in total. The topological polar surface area (TPSA) is 61.6 Å². The number of nitrogens with zero attached hydrogens (tertiary/aromatic N) is 4. The number of aromatic nitrogens is 2. The first kappa shape index (κ1) is 22.1. The van der Waals surface area contributed by atoms with Crippen molar-refractivity contribution < 1.29 is 5.11 Å². The van der Waals surface area contributed by atoms with E-state index in [0.29, 0.717) is 35.1 Å². The number of hydrogen-bond donors (Lipinski definition) is 1. The summed E-state index contributed by atoms with van der Waals surface area (Å²) in [6, 6.07) is 17.3. The van der Waals surface area contributed by atoms with E-state index in [9.17, 15) is 9.90 Å². The number of likely N-dealkylation sites (N-methyl/N-ethyl adjacent to an activating group) is 1. The monoisotopic (exact) mass is 480 g/mol. The third-order valence-corrected chi connectivity index (χ3v) is 7.33. The van der Waals surface area contributed by atoms with E-state index in [0.717, 1.165) is 35.5 Å². The predicted octanol–water partition coefficient (Wildman–Crippen LogP) is 4.09. The second-order valence-corrected chi connectivity index (χ2v) is 9.85. The summed E-state index contributed by atoms with van der Waals surface area (Å²) in [7, 11) is 2.10. The summed E-state index contributed by atoms with van der Waals surface area (Å²) in [6.45, 7) is 2.56. The molecule has 1 aliphatic heterocycles. The minimum absolute atomic E-state index is 0.0535. The van der Waals surface area contributed by atoms with Gasteiger partial charge in [-0.25, -0.2) is 9.55 Å². The molecule has 3 heterocycles. The molecule has 1 aliphatic rings. The van der Waals surface area contributed by atoms with E-state index in [1.165, 1.54) is 4.88 Å². The molecule has 0 radical (unpaired) electrons. The number of rotatable bonds is 6. The number of hydrogen-bond acceptors (Lipinski definition) is 6. The van der Waals surface area contributed by atoms with Gasteiger partial charge in [0.2, 0.25) is 5.95 Å². The van der Waals surface area contributed by atoms with Crippen LogP contribution in [0, 0.1) is 0 Å². The zero-order valence-corrected chi connectivity index (χ0v) is 19.9. The van der Waals surface area contributed by atoms with Crippen LogP contribution in [0.2, 0.25) is 5.02 Å². The summed E-state index contributed by atoms with van der Waals surface area (Å²) >= 11 is 7.90. The normalized spacial score (nSPS) is 13.9. The van der Waals surface area contributed by atoms with Crippen LogP contribution < -0.4 is 10.5 Å². The van der Waals surface area contributed by atoms with Gasteiger partial charge < -0.3 is 14.9 Å². The zero-order chi connectivity index (χ0) is 22.9. The largest absolute Gasteiger partial charge is 0.395 e. The van der Waals surface area contributed by atoms with E-state index in [2.05, 4.69) is 11.9 Å². The Hall–Kier alpha value is -2.71. The first-order valence-electron chi connectivity index (χ1n) is 11.0. The summed E-state index contributed by atoms with van der Waals surface area (Å²) in [5.74, 6) is 0.514. The van der Waals surface area contributed by atoms with E-state index in [1.54, 1.807) is 28.0 Å². The molecule has 8 heteroatoms. The zero-order valence-electron chi connectivity index (χ0n) is 18.4. The molecule has 1 N–H and O–H groups in total. The molecule has 0 bridgehead atoms. The second kappa shape index (κ2) is 9.27. The first-order valence-corrected chi connectivity index (χ1v) is 12.2. The molecule has 2 aromatic heterocycles. The molecule has 0 atom stereocenters. The van der Waals surface area contributed by atoms with Crippen molar-refractivity contribution >= 4 is 39.1 Å². The lowest BCUT2D eigenvalue weighted by Crippen LogP contribution is -2.34. The molecule has 0 spiro atoms. The Morgan fingerprint density at radius 2 is 2.00 bits per heavy atom. The number of aliphatic hydroxyl groups excluding tert-OH is 1. The first-order chi connectivity index (χ1) is 16.0. The molecule has 4 aromatic rings. The molecule has 0 saturated carbocycles. The van der Waals surface area contributed by atoms with E-state index >= 15 is 0 Å². The second-order valence-electron chi connectivity index (χ2n) is 8.33. The Morgan fingerprint density at radius 3 is 2.76 bits per heavy atom. The van der Waals surface area contributed by atoms with Crippen molar-refractivity contribution in [3.05, 3.63) is 86.0 Å². The average Bonchev–Trinajstić information content (AvgIpc) is 3.17. The highest BCUT2D eigenvalue weighted by molar-refractivity contribution is 7.18. The number of thiophene rings is 1. The van der Waals surface area contributed by atoms with Gasteiger partial charge in [0.1, 0.15) is 4.83 Å². The van der Waals surface area contributed by atoms with Crippen molar-refractivity contribution in [3.8, 4) is 5.69 Å². The molecular formula is C25H25ClN4O2S. The predicted molar refractivity (Wildman–Crippen MR) is 135 cm³/mol. The molecule has 0 unspecified atom stereocenters. The Balaban J connectivity index is 1.75. The van der Waals surface area contributed by atoms with Gasteiger partial charge in [0.15, 0.2) is 0 Å². The van der Waals surface area contributed by atoms with E-state index in [4.69, 9.17) is 16.6 Å². The summed E-state index contributed by atoms with van der Waals surface area (Å²) in [4.78, 5) is 25.2. The Labute approximate surface area is 201 Å². The van der Waals surface area contributed by atoms with Crippen LogP contribution in [-0.4, -0.2) is 46.3 Å². The Bertz CT molecular complexity index is 1350. The summed E-state index contributed by atoms with van der Waals surface area (Å²) in [5, 5.41) is 11.1. The minimum Gasteiger partial charge on any atom is -0.395 e. The number of anilines is 1. The molecule has 0 saturated heterocycles. The number of benzene rings is 2. The highest BCUT2D eigenvalue weighted by atomic mass is 35.5. The summed E-state index contributed by atoms with van der Waals surface area (Å²) in [5.41, 5.74) is 2.77. The van der Waals surface area contributed by atoms with E-state index in [-0.39, 0.29) is 12.2 Å². The fourth-order valence-electron chi connectivity index (χ4n) is 4.39. The molecule has 33 heavy (non-hydrogen) atoms. The number of halogens is 1. The lowest BCUT2D eigenvalue weighted by atomic mass is 10.1. The lowest BCUT2D eigenvalue weighted by molar-refractivity contribution is 0.300. The quantitative estimate of drug-likeness (QED) is 0.450. The van der Waals surface area contributed by atoms with Crippen LogP contribution in [0.1, 0.15) is 16.0 Å². The van der Waals surface area contributed by atoms with E-state index in [1.807, 2.05) is 47.4 Å². The smallest absolute Gasteiger partial charge is 0.268 e. The minimum atomic E-state index is -0.0877. The van der Waals surface area contributed by atoms with Gasteiger partial charge in [0.05, 0.1) is 17.7 Å². The van der Waals surface area contributed by atoms with Gasteiger partial charge in [-0.05, 0) is 42.8 Å². The molecule has 170 valence electrons. The standard InChI is InChI=1S/C25H25ClN4O2S/c1-28-11-10-20-21(16-28)33-23-22(20)24(32)30(19-9-5-8-18(26)14-19)25(27-23)29(12-13-31)15-17-6-3-2-4-7-17/h2-9,14,31H,10-13,15-16H2,1H3. The van der Waals surface area contributed by atoms with Crippen molar-refractivity contribution in [2.75, 3.05) is 31.6 Å². The Kier molecular flexibility index (Phi) is 6.21. The van der Waals surface area contributed by atoms with Crippen LogP contribution in [0.3, 0.4) is 0 Å².